The highest BCUT2D eigenvalue weighted by atomic mass is 16.5. The van der Waals surface area contributed by atoms with Gasteiger partial charge < -0.3 is 20.5 Å². The van der Waals surface area contributed by atoms with Gasteiger partial charge in [-0.05, 0) is 30.3 Å². The number of ether oxygens (including phenoxy) is 1. The molecule has 0 radical (unpaired) electrons. The van der Waals surface area contributed by atoms with Gasteiger partial charge >= 0.3 is 0 Å². The molecule has 1 aromatic heterocycles. The molecule has 3 rings (SSSR count). The summed E-state index contributed by atoms with van der Waals surface area (Å²) in [6.07, 6.45) is 2.87. The second-order valence-corrected chi connectivity index (χ2v) is 6.14. The van der Waals surface area contributed by atoms with E-state index >= 15 is 0 Å². The van der Waals surface area contributed by atoms with Crippen molar-refractivity contribution in [2.45, 2.75) is 0 Å². The van der Waals surface area contributed by atoms with Crippen LogP contribution in [0.25, 0.3) is 5.69 Å². The number of aliphatic hydroxyl groups is 1. The molecule has 0 aliphatic carbocycles. The minimum absolute atomic E-state index is 0.0427. The number of carbonyl (C=O) groups excluding carboxylic acids is 3. The van der Waals surface area contributed by atoms with Crippen LogP contribution < -0.4 is 10.6 Å². The normalized spacial score (nSPS) is 13.6. The Morgan fingerprint density at radius 2 is 1.97 bits per heavy atom. The first-order valence-electron chi connectivity index (χ1n) is 8.92. The predicted molar refractivity (Wildman–Crippen MR) is 103 cm³/mol. The fourth-order valence-corrected chi connectivity index (χ4v) is 2.71. The smallest absolute Gasteiger partial charge is 0.277 e. The van der Waals surface area contributed by atoms with Crippen molar-refractivity contribution in [3.8, 4) is 5.69 Å². The molecule has 152 valence electrons. The number of imide groups is 1. The van der Waals surface area contributed by atoms with Gasteiger partial charge in [-0.25, -0.2) is 4.68 Å². The number of methoxy groups -OCH3 is 1. The number of carbonyl (C=O) groups is 3. The van der Waals surface area contributed by atoms with Crippen molar-refractivity contribution in [1.29, 1.82) is 0 Å². The van der Waals surface area contributed by atoms with E-state index in [2.05, 4.69) is 15.7 Å². The molecule has 10 nitrogen and oxygen atoms in total. The number of aromatic nitrogens is 2. The molecule has 29 heavy (non-hydrogen) atoms. The topological polar surface area (TPSA) is 126 Å². The first-order valence-corrected chi connectivity index (χ1v) is 8.92. The molecule has 0 saturated heterocycles. The van der Waals surface area contributed by atoms with Crippen molar-refractivity contribution in [3.63, 3.8) is 0 Å². The van der Waals surface area contributed by atoms with Crippen LogP contribution in [0.3, 0.4) is 0 Å². The molecule has 1 aliphatic rings. The molecule has 2 heterocycles. The van der Waals surface area contributed by atoms with Gasteiger partial charge in [0.25, 0.3) is 17.7 Å². The number of aliphatic hydroxyl groups excluding tert-OH is 1. The molecule has 0 bridgehead atoms. The van der Waals surface area contributed by atoms with Crippen molar-refractivity contribution < 1.29 is 24.2 Å². The van der Waals surface area contributed by atoms with Gasteiger partial charge in [0.1, 0.15) is 5.70 Å². The third-order valence-electron chi connectivity index (χ3n) is 4.16. The van der Waals surface area contributed by atoms with Crippen LogP contribution in [0, 0.1) is 0 Å². The molecule has 0 fully saturated rings. The van der Waals surface area contributed by atoms with E-state index in [0.717, 1.165) is 10.6 Å². The third-order valence-corrected chi connectivity index (χ3v) is 4.16. The van der Waals surface area contributed by atoms with Crippen LogP contribution in [0.15, 0.2) is 48.3 Å². The van der Waals surface area contributed by atoms with E-state index < -0.39 is 11.8 Å². The van der Waals surface area contributed by atoms with E-state index in [-0.39, 0.29) is 30.4 Å². The highest BCUT2D eigenvalue weighted by Crippen LogP contribution is 2.19. The molecule has 1 aromatic carbocycles. The number of rotatable bonds is 9. The van der Waals surface area contributed by atoms with Gasteiger partial charge in [-0.1, -0.05) is 0 Å². The summed E-state index contributed by atoms with van der Waals surface area (Å²) in [6, 6.07) is 8.58. The summed E-state index contributed by atoms with van der Waals surface area (Å²) in [7, 11) is 1.56. The van der Waals surface area contributed by atoms with Crippen LogP contribution in [0.4, 0.5) is 5.69 Å². The lowest BCUT2D eigenvalue weighted by molar-refractivity contribution is -0.137. The summed E-state index contributed by atoms with van der Waals surface area (Å²) in [5.41, 5.74) is 1.76. The van der Waals surface area contributed by atoms with Gasteiger partial charge in [0.05, 0.1) is 25.4 Å². The molecule has 0 atom stereocenters. The van der Waals surface area contributed by atoms with Crippen molar-refractivity contribution in [2.75, 3.05) is 38.7 Å². The molecular formula is C19H21N5O5. The van der Waals surface area contributed by atoms with Gasteiger partial charge in [0, 0.05) is 31.6 Å². The van der Waals surface area contributed by atoms with Crippen LogP contribution in [-0.4, -0.2) is 70.9 Å². The highest BCUT2D eigenvalue weighted by Gasteiger charge is 2.30. The lowest BCUT2D eigenvalue weighted by Gasteiger charge is -2.13. The summed E-state index contributed by atoms with van der Waals surface area (Å²) in [6.45, 7) is 0.487. The number of hydrogen-bond donors (Lipinski definition) is 3. The summed E-state index contributed by atoms with van der Waals surface area (Å²) in [5.74, 6) is -1.23. The maximum absolute atomic E-state index is 12.2. The molecule has 10 heteroatoms. The number of nitrogens with one attached hydrogen (secondary N) is 2. The van der Waals surface area contributed by atoms with Crippen molar-refractivity contribution in [3.05, 3.63) is 54.0 Å². The van der Waals surface area contributed by atoms with Crippen LogP contribution >= 0.6 is 0 Å². The van der Waals surface area contributed by atoms with Crippen molar-refractivity contribution in [2.24, 2.45) is 0 Å². The molecule has 2 aromatic rings. The molecule has 3 amide bonds. The minimum atomic E-state index is -0.482. The van der Waals surface area contributed by atoms with Crippen LogP contribution in [0.2, 0.25) is 0 Å². The fraction of sp³-hybridized carbons (Fsp3) is 0.263. The van der Waals surface area contributed by atoms with Gasteiger partial charge in [0.15, 0.2) is 5.69 Å². The largest absolute Gasteiger partial charge is 0.395 e. The molecule has 3 N–H and O–H groups in total. The van der Waals surface area contributed by atoms with Crippen molar-refractivity contribution >= 4 is 23.4 Å². The monoisotopic (exact) mass is 399 g/mol. The molecule has 0 unspecified atom stereocenters. The van der Waals surface area contributed by atoms with Gasteiger partial charge in [-0.15, -0.1) is 0 Å². The second-order valence-electron chi connectivity index (χ2n) is 6.14. The quantitative estimate of drug-likeness (QED) is 0.397. The number of β-amino-alcohol motifs (C(OH)–C–C–N with tert-alkyl or cyclic N) is 1. The Hall–Kier alpha value is -3.50. The van der Waals surface area contributed by atoms with E-state index in [0.29, 0.717) is 18.8 Å². The Balaban J connectivity index is 1.64. The summed E-state index contributed by atoms with van der Waals surface area (Å²) in [5, 5.41) is 18.8. The van der Waals surface area contributed by atoms with Gasteiger partial charge in [0.2, 0.25) is 0 Å². The Kier molecular flexibility index (Phi) is 6.37. The van der Waals surface area contributed by atoms with E-state index in [9.17, 15) is 14.4 Å². The average molecular weight is 399 g/mol. The Morgan fingerprint density at radius 1 is 1.21 bits per heavy atom. The van der Waals surface area contributed by atoms with E-state index in [1.807, 2.05) is 0 Å². The Labute approximate surface area is 166 Å². The Bertz CT molecular complexity index is 935. The van der Waals surface area contributed by atoms with E-state index in [4.69, 9.17) is 9.84 Å². The van der Waals surface area contributed by atoms with E-state index in [1.165, 1.54) is 6.08 Å². The summed E-state index contributed by atoms with van der Waals surface area (Å²) >= 11 is 0. The average Bonchev–Trinajstić information content (AvgIpc) is 3.30. The zero-order valence-corrected chi connectivity index (χ0v) is 15.8. The SMILES string of the molecule is COCCNC(=O)c1ccn(-c2ccc(NC3=CC(=O)N(CCO)C3=O)cc2)n1. The fourth-order valence-electron chi connectivity index (χ4n) is 2.71. The minimum Gasteiger partial charge on any atom is -0.395 e. The number of anilines is 1. The van der Waals surface area contributed by atoms with E-state index in [1.54, 1.807) is 48.3 Å². The lowest BCUT2D eigenvalue weighted by Crippen LogP contribution is -2.34. The van der Waals surface area contributed by atoms with Gasteiger partial charge in [-0.3, -0.25) is 19.3 Å². The summed E-state index contributed by atoms with van der Waals surface area (Å²) < 4.78 is 6.45. The van der Waals surface area contributed by atoms with Crippen LogP contribution in [-0.2, 0) is 14.3 Å². The van der Waals surface area contributed by atoms with Gasteiger partial charge in [-0.2, -0.15) is 5.10 Å². The molecule has 0 saturated carbocycles. The number of benzene rings is 1. The third kappa shape index (κ3) is 4.68. The molecule has 1 aliphatic heterocycles. The van der Waals surface area contributed by atoms with Crippen LogP contribution in [0.5, 0.6) is 0 Å². The maximum atomic E-state index is 12.2. The highest BCUT2D eigenvalue weighted by molar-refractivity contribution is 6.17. The first kappa shape index (κ1) is 20.2. The lowest BCUT2D eigenvalue weighted by atomic mass is 10.2. The number of nitrogens with zero attached hydrogens (tertiary/aromatic N) is 3. The zero-order valence-electron chi connectivity index (χ0n) is 15.8. The molecule has 0 spiro atoms. The Morgan fingerprint density at radius 3 is 2.66 bits per heavy atom. The second kappa shape index (κ2) is 9.13. The first-order chi connectivity index (χ1) is 14.0. The van der Waals surface area contributed by atoms with Crippen molar-refractivity contribution in [1.82, 2.24) is 20.0 Å². The summed E-state index contributed by atoms with van der Waals surface area (Å²) in [4.78, 5) is 36.9. The number of hydrogen-bond acceptors (Lipinski definition) is 7. The predicted octanol–water partition coefficient (Wildman–Crippen LogP) is -0.0946. The van der Waals surface area contributed by atoms with Crippen LogP contribution in [0.1, 0.15) is 10.5 Å². The molecular weight excluding hydrogens is 378 g/mol. The standard InChI is InChI=1S/C19H21N5O5/c1-29-11-7-20-18(27)15-6-8-24(22-15)14-4-2-13(3-5-14)21-16-12-17(26)23(9-10-25)19(16)28/h2-6,8,12,21,25H,7,9-11H2,1H3,(H,20,27). The maximum Gasteiger partial charge on any atom is 0.277 e. The number of amides is 3. The zero-order chi connectivity index (χ0) is 20.8.